The highest BCUT2D eigenvalue weighted by molar-refractivity contribution is 5.93. The number of benzene rings is 1. The molecule has 0 aliphatic rings. The van der Waals surface area contributed by atoms with Crippen molar-refractivity contribution in [2.75, 3.05) is 25.5 Å². The zero-order valence-corrected chi connectivity index (χ0v) is 15.4. The number of hydrogen-bond acceptors (Lipinski definition) is 5. The van der Waals surface area contributed by atoms with E-state index in [4.69, 9.17) is 12.2 Å². The van der Waals surface area contributed by atoms with E-state index in [9.17, 15) is 9.59 Å². The van der Waals surface area contributed by atoms with Crippen LogP contribution in [0.25, 0.3) is 16.9 Å². The lowest BCUT2D eigenvalue weighted by molar-refractivity contribution is -0.128. The molecule has 1 aromatic carbocycles. The van der Waals surface area contributed by atoms with Crippen LogP contribution in [0.4, 0.5) is 5.82 Å². The van der Waals surface area contributed by atoms with E-state index in [1.807, 2.05) is 12.1 Å². The van der Waals surface area contributed by atoms with Crippen molar-refractivity contribution in [3.05, 3.63) is 48.2 Å². The van der Waals surface area contributed by atoms with Crippen molar-refractivity contribution < 1.29 is 9.59 Å². The number of primary amides is 1. The molecular formula is C20H20N6O2. The van der Waals surface area contributed by atoms with E-state index >= 15 is 0 Å². The van der Waals surface area contributed by atoms with Crippen LogP contribution in [-0.2, 0) is 4.79 Å². The third kappa shape index (κ3) is 4.10. The van der Waals surface area contributed by atoms with Gasteiger partial charge in [-0.1, -0.05) is 18.1 Å². The average molecular weight is 376 g/mol. The van der Waals surface area contributed by atoms with Crippen LogP contribution in [-0.4, -0.2) is 51.4 Å². The lowest BCUT2D eigenvalue weighted by atomic mass is 10.1. The van der Waals surface area contributed by atoms with Gasteiger partial charge in [0, 0.05) is 31.3 Å². The highest BCUT2D eigenvalue weighted by Crippen LogP contribution is 2.21. The van der Waals surface area contributed by atoms with Gasteiger partial charge in [-0.15, -0.1) is 11.5 Å². The highest BCUT2D eigenvalue weighted by atomic mass is 16.2. The number of terminal acetylenes is 1. The monoisotopic (exact) mass is 376 g/mol. The van der Waals surface area contributed by atoms with E-state index in [0.717, 1.165) is 11.3 Å². The van der Waals surface area contributed by atoms with Crippen molar-refractivity contribution in [1.29, 1.82) is 0 Å². The summed E-state index contributed by atoms with van der Waals surface area (Å²) in [4.78, 5) is 28.9. The molecule has 142 valence electrons. The van der Waals surface area contributed by atoms with Crippen LogP contribution in [0.2, 0.25) is 0 Å². The number of carbonyl (C=O) groups is 2. The number of rotatable bonds is 7. The van der Waals surface area contributed by atoms with Gasteiger partial charge < -0.3 is 16.0 Å². The fourth-order valence-electron chi connectivity index (χ4n) is 2.67. The molecule has 8 heteroatoms. The van der Waals surface area contributed by atoms with Gasteiger partial charge in [-0.05, 0) is 24.3 Å². The van der Waals surface area contributed by atoms with Crippen LogP contribution < -0.4 is 11.1 Å². The van der Waals surface area contributed by atoms with Crippen molar-refractivity contribution in [3.63, 3.8) is 0 Å². The van der Waals surface area contributed by atoms with Crippen molar-refractivity contribution in [1.82, 2.24) is 19.5 Å². The van der Waals surface area contributed by atoms with Crippen LogP contribution >= 0.6 is 0 Å². The molecule has 2 heterocycles. The molecule has 0 radical (unpaired) electrons. The Morgan fingerprint density at radius 3 is 2.68 bits per heavy atom. The second kappa shape index (κ2) is 8.22. The number of imidazole rings is 1. The van der Waals surface area contributed by atoms with Gasteiger partial charge in [0.15, 0.2) is 5.65 Å². The Hall–Kier alpha value is -3.86. The summed E-state index contributed by atoms with van der Waals surface area (Å²) in [6.07, 6.45) is 6.97. The van der Waals surface area contributed by atoms with Gasteiger partial charge in [0.25, 0.3) is 0 Å². The molecule has 0 aliphatic carbocycles. The minimum absolute atomic E-state index is 0.0909. The van der Waals surface area contributed by atoms with Gasteiger partial charge in [0.05, 0.1) is 18.3 Å². The molecule has 0 saturated heterocycles. The van der Waals surface area contributed by atoms with E-state index in [1.165, 1.54) is 0 Å². The summed E-state index contributed by atoms with van der Waals surface area (Å²) >= 11 is 0. The number of amides is 2. The number of anilines is 1. The Balaban J connectivity index is 1.74. The van der Waals surface area contributed by atoms with Gasteiger partial charge in [-0.3, -0.25) is 9.59 Å². The maximum atomic E-state index is 11.7. The smallest absolute Gasteiger partial charge is 0.248 e. The standard InChI is InChI=1S/C20H20N6O2/c1-3-4-19(27)25(2)12-11-22-17-9-10-18-23-13-16(26(18)24-17)14-5-7-15(8-6-14)20(21)28/h1,5-10,13H,4,11-12H2,2H3,(H2,21,28)(H,22,24). The number of carbonyl (C=O) groups excluding carboxylic acids is 2. The molecule has 0 fully saturated rings. The van der Waals surface area contributed by atoms with Crippen molar-refractivity contribution in [2.45, 2.75) is 6.42 Å². The second-order valence-electron chi connectivity index (χ2n) is 6.20. The van der Waals surface area contributed by atoms with E-state index in [0.29, 0.717) is 30.1 Å². The number of likely N-dealkylation sites (N-methyl/N-ethyl adjacent to an activating group) is 1. The van der Waals surface area contributed by atoms with Gasteiger partial charge in [-0.25, -0.2) is 9.50 Å². The van der Waals surface area contributed by atoms with Crippen molar-refractivity contribution >= 4 is 23.3 Å². The van der Waals surface area contributed by atoms with Crippen LogP contribution in [0.3, 0.4) is 0 Å². The molecule has 3 rings (SSSR count). The first kappa shape index (κ1) is 18.9. The van der Waals surface area contributed by atoms with Crippen molar-refractivity contribution in [2.24, 2.45) is 5.73 Å². The van der Waals surface area contributed by atoms with Gasteiger partial charge in [-0.2, -0.15) is 0 Å². The molecule has 0 spiro atoms. The molecule has 0 bridgehead atoms. The molecule has 28 heavy (non-hydrogen) atoms. The first-order valence-electron chi connectivity index (χ1n) is 8.66. The Kier molecular flexibility index (Phi) is 5.56. The van der Waals surface area contributed by atoms with Gasteiger partial charge in [0.1, 0.15) is 5.82 Å². The first-order chi connectivity index (χ1) is 13.5. The molecule has 0 saturated carbocycles. The van der Waals surface area contributed by atoms with Crippen molar-refractivity contribution in [3.8, 4) is 23.6 Å². The number of nitrogens with zero attached hydrogens (tertiary/aromatic N) is 4. The van der Waals surface area contributed by atoms with E-state index in [1.54, 1.807) is 46.9 Å². The van der Waals surface area contributed by atoms with Crippen LogP contribution in [0.15, 0.2) is 42.6 Å². The van der Waals surface area contributed by atoms with Gasteiger partial charge >= 0.3 is 0 Å². The number of nitrogens with two attached hydrogens (primary N) is 1. The quantitative estimate of drug-likeness (QED) is 0.606. The fraction of sp³-hybridized carbons (Fsp3) is 0.200. The number of aromatic nitrogens is 3. The van der Waals surface area contributed by atoms with Crippen LogP contribution in [0, 0.1) is 12.3 Å². The topological polar surface area (TPSA) is 106 Å². The molecular weight excluding hydrogens is 356 g/mol. The lowest BCUT2D eigenvalue weighted by Gasteiger charge is -2.16. The maximum absolute atomic E-state index is 11.7. The third-order valence-corrected chi connectivity index (χ3v) is 4.26. The molecule has 8 nitrogen and oxygen atoms in total. The van der Waals surface area contributed by atoms with E-state index in [2.05, 4.69) is 21.3 Å². The van der Waals surface area contributed by atoms with Gasteiger partial charge in [0.2, 0.25) is 11.8 Å². The largest absolute Gasteiger partial charge is 0.367 e. The number of hydrogen-bond donors (Lipinski definition) is 2. The second-order valence-corrected chi connectivity index (χ2v) is 6.20. The lowest BCUT2D eigenvalue weighted by Crippen LogP contribution is -2.31. The predicted octanol–water partition coefficient (Wildman–Crippen LogP) is 1.39. The predicted molar refractivity (Wildman–Crippen MR) is 107 cm³/mol. The highest BCUT2D eigenvalue weighted by Gasteiger charge is 2.10. The number of nitrogens with one attached hydrogen (secondary N) is 1. The first-order valence-corrected chi connectivity index (χ1v) is 8.66. The third-order valence-electron chi connectivity index (χ3n) is 4.26. The summed E-state index contributed by atoms with van der Waals surface area (Å²) in [7, 11) is 1.71. The minimum Gasteiger partial charge on any atom is -0.367 e. The normalized spacial score (nSPS) is 10.4. The maximum Gasteiger partial charge on any atom is 0.248 e. The minimum atomic E-state index is -0.472. The molecule has 0 unspecified atom stereocenters. The molecule has 0 aliphatic heterocycles. The zero-order chi connectivity index (χ0) is 20.1. The molecule has 2 aromatic heterocycles. The Morgan fingerprint density at radius 1 is 1.25 bits per heavy atom. The summed E-state index contributed by atoms with van der Waals surface area (Å²) in [5, 5.41) is 7.75. The molecule has 3 N–H and O–H groups in total. The summed E-state index contributed by atoms with van der Waals surface area (Å²) in [5.41, 5.74) is 8.07. The Morgan fingerprint density at radius 2 is 2.00 bits per heavy atom. The molecule has 3 aromatic rings. The Labute approximate surface area is 162 Å². The molecule has 0 atom stereocenters. The van der Waals surface area contributed by atoms with Crippen LogP contribution in [0.5, 0.6) is 0 Å². The summed E-state index contributed by atoms with van der Waals surface area (Å²) in [5.74, 6) is 2.43. The Bertz CT molecular complexity index is 1050. The van der Waals surface area contributed by atoms with E-state index < -0.39 is 5.91 Å². The number of fused-ring (bicyclic) bond motifs is 1. The fourth-order valence-corrected chi connectivity index (χ4v) is 2.67. The summed E-state index contributed by atoms with van der Waals surface area (Å²) in [6, 6.07) is 10.6. The molecule has 2 amide bonds. The summed E-state index contributed by atoms with van der Waals surface area (Å²) in [6.45, 7) is 1.04. The van der Waals surface area contributed by atoms with E-state index in [-0.39, 0.29) is 12.3 Å². The zero-order valence-electron chi connectivity index (χ0n) is 15.4. The SMILES string of the molecule is C#CCC(=O)N(C)CCNc1ccc2ncc(-c3ccc(C(N)=O)cc3)n2n1. The average Bonchev–Trinajstić information content (AvgIpc) is 3.11. The van der Waals surface area contributed by atoms with Crippen LogP contribution in [0.1, 0.15) is 16.8 Å². The summed E-state index contributed by atoms with van der Waals surface area (Å²) < 4.78 is 1.72.